The van der Waals surface area contributed by atoms with Gasteiger partial charge in [-0.1, -0.05) is 30.0 Å². The molecule has 27 heavy (non-hydrogen) atoms. The van der Waals surface area contributed by atoms with Crippen LogP contribution in [0.3, 0.4) is 0 Å². The molecule has 0 aliphatic carbocycles. The number of rotatable bonds is 8. The Morgan fingerprint density at radius 3 is 2.56 bits per heavy atom. The van der Waals surface area contributed by atoms with Crippen molar-refractivity contribution in [3.05, 3.63) is 54.1 Å². The average molecular weight is 386 g/mol. The predicted octanol–water partition coefficient (Wildman–Crippen LogP) is 3.70. The van der Waals surface area contributed by atoms with Crippen LogP contribution >= 0.6 is 11.8 Å². The van der Waals surface area contributed by atoms with E-state index < -0.39 is 0 Å². The lowest BCUT2D eigenvalue weighted by Crippen LogP contribution is -2.07. The van der Waals surface area contributed by atoms with Crippen molar-refractivity contribution in [3.63, 3.8) is 0 Å². The van der Waals surface area contributed by atoms with Gasteiger partial charge in [-0.05, 0) is 30.3 Å². The maximum Gasteiger partial charge on any atom is 0.338 e. The minimum atomic E-state index is -0.354. The zero-order valence-corrected chi connectivity index (χ0v) is 15.7. The van der Waals surface area contributed by atoms with Crippen LogP contribution in [-0.4, -0.2) is 42.7 Å². The Labute approximate surface area is 160 Å². The molecule has 3 aromatic rings. The number of ether oxygens (including phenoxy) is 3. The summed E-state index contributed by atoms with van der Waals surface area (Å²) in [5, 5.41) is 8.44. The summed E-state index contributed by atoms with van der Waals surface area (Å²) in [7, 11) is 3.14. The predicted molar refractivity (Wildman–Crippen MR) is 100 cm³/mol. The number of thioether (sulfide) groups is 1. The highest BCUT2D eigenvalue weighted by atomic mass is 32.2. The van der Waals surface area contributed by atoms with Gasteiger partial charge in [0, 0.05) is 11.3 Å². The molecule has 0 saturated heterocycles. The third kappa shape index (κ3) is 4.79. The zero-order chi connectivity index (χ0) is 19.1. The van der Waals surface area contributed by atoms with Crippen LogP contribution in [0.4, 0.5) is 0 Å². The van der Waals surface area contributed by atoms with Crippen molar-refractivity contribution in [1.82, 2.24) is 10.2 Å². The third-order valence-corrected chi connectivity index (χ3v) is 4.37. The average Bonchev–Trinajstić information content (AvgIpc) is 3.20. The van der Waals surface area contributed by atoms with Crippen LogP contribution in [0, 0.1) is 0 Å². The molecule has 3 rings (SSSR count). The van der Waals surface area contributed by atoms with Crippen LogP contribution in [0.5, 0.6) is 11.5 Å². The fourth-order valence-corrected chi connectivity index (χ4v) is 2.85. The van der Waals surface area contributed by atoms with Gasteiger partial charge in [0.2, 0.25) is 5.89 Å². The number of esters is 1. The molecule has 0 amide bonds. The number of methoxy groups -OCH3 is 2. The van der Waals surface area contributed by atoms with E-state index in [0.717, 1.165) is 5.56 Å². The Morgan fingerprint density at radius 2 is 1.81 bits per heavy atom. The molecule has 0 saturated carbocycles. The normalized spacial score (nSPS) is 10.4. The van der Waals surface area contributed by atoms with E-state index in [1.807, 2.05) is 12.1 Å². The molecule has 0 aliphatic heterocycles. The third-order valence-electron chi connectivity index (χ3n) is 3.59. The Balaban J connectivity index is 1.53. The minimum Gasteiger partial charge on any atom is -0.493 e. The maximum atomic E-state index is 11.9. The fourth-order valence-electron chi connectivity index (χ4n) is 2.27. The topological polar surface area (TPSA) is 83.7 Å². The van der Waals surface area contributed by atoms with Crippen molar-refractivity contribution < 1.29 is 23.4 Å². The van der Waals surface area contributed by atoms with Crippen LogP contribution in [0.2, 0.25) is 0 Å². The van der Waals surface area contributed by atoms with Gasteiger partial charge in [-0.3, -0.25) is 0 Å². The molecule has 1 heterocycles. The van der Waals surface area contributed by atoms with E-state index in [-0.39, 0.29) is 12.6 Å². The van der Waals surface area contributed by atoms with E-state index in [4.69, 9.17) is 18.6 Å². The first-order chi connectivity index (χ1) is 13.2. The Bertz CT molecular complexity index is 898. The molecule has 8 heteroatoms. The highest BCUT2D eigenvalue weighted by Gasteiger charge is 2.13. The summed E-state index contributed by atoms with van der Waals surface area (Å²) >= 11 is 1.32. The van der Waals surface area contributed by atoms with Crippen molar-refractivity contribution in [2.45, 2.75) is 5.22 Å². The molecule has 2 aromatic carbocycles. The van der Waals surface area contributed by atoms with Crippen LogP contribution in [-0.2, 0) is 4.74 Å². The lowest BCUT2D eigenvalue weighted by atomic mass is 10.2. The summed E-state index contributed by atoms with van der Waals surface area (Å²) in [4.78, 5) is 11.9. The smallest absolute Gasteiger partial charge is 0.338 e. The van der Waals surface area contributed by atoms with Gasteiger partial charge in [0.05, 0.1) is 19.8 Å². The second-order valence-electron chi connectivity index (χ2n) is 5.29. The van der Waals surface area contributed by atoms with E-state index in [1.165, 1.54) is 11.8 Å². The highest BCUT2D eigenvalue weighted by Crippen LogP contribution is 2.32. The summed E-state index contributed by atoms with van der Waals surface area (Å²) in [5.41, 5.74) is 1.25. The molecule has 0 unspecified atom stereocenters. The van der Waals surface area contributed by atoms with Crippen LogP contribution < -0.4 is 9.47 Å². The number of carbonyl (C=O) groups excluding carboxylic acids is 1. The lowest BCUT2D eigenvalue weighted by Gasteiger charge is -2.07. The van der Waals surface area contributed by atoms with Gasteiger partial charge in [-0.25, -0.2) is 4.79 Å². The van der Waals surface area contributed by atoms with Crippen molar-refractivity contribution in [1.29, 1.82) is 0 Å². The molecule has 1 aromatic heterocycles. The number of hydrogen-bond donors (Lipinski definition) is 0. The molecule has 140 valence electrons. The number of carbonyl (C=O) groups is 1. The summed E-state index contributed by atoms with van der Waals surface area (Å²) in [6, 6.07) is 14.2. The first kappa shape index (κ1) is 18.8. The van der Waals surface area contributed by atoms with Crippen molar-refractivity contribution in [2.24, 2.45) is 0 Å². The monoisotopic (exact) mass is 386 g/mol. The van der Waals surface area contributed by atoms with E-state index in [9.17, 15) is 4.79 Å². The Kier molecular flexibility index (Phi) is 6.32. The molecule has 0 atom stereocenters. The van der Waals surface area contributed by atoms with Crippen molar-refractivity contribution in [3.8, 4) is 23.0 Å². The fraction of sp³-hybridized carbons (Fsp3) is 0.211. The standard InChI is InChI=1S/C19H18N2O5S/c1-23-15-9-8-14(12-16(15)24-2)17-20-21-19(26-17)27-11-10-25-18(22)13-6-4-3-5-7-13/h3-9,12H,10-11H2,1-2H3. The van der Waals surface area contributed by atoms with Crippen molar-refractivity contribution >= 4 is 17.7 Å². The lowest BCUT2D eigenvalue weighted by molar-refractivity contribution is 0.0530. The zero-order valence-electron chi connectivity index (χ0n) is 14.9. The van der Waals surface area contributed by atoms with Gasteiger partial charge in [-0.2, -0.15) is 0 Å². The van der Waals surface area contributed by atoms with Gasteiger partial charge in [0.25, 0.3) is 5.22 Å². The second-order valence-corrected chi connectivity index (χ2v) is 6.34. The van der Waals surface area contributed by atoms with Gasteiger partial charge in [-0.15, -0.1) is 10.2 Å². The number of nitrogens with zero attached hydrogens (tertiary/aromatic N) is 2. The molecular weight excluding hydrogens is 368 g/mol. The van der Waals surface area contributed by atoms with Gasteiger partial charge in [0.15, 0.2) is 11.5 Å². The quantitative estimate of drug-likeness (QED) is 0.329. The molecule has 7 nitrogen and oxygen atoms in total. The first-order valence-electron chi connectivity index (χ1n) is 8.12. The van der Waals surface area contributed by atoms with Gasteiger partial charge >= 0.3 is 5.97 Å². The Hall–Kier alpha value is -3.00. The molecule has 0 bridgehead atoms. The van der Waals surface area contributed by atoms with E-state index >= 15 is 0 Å². The van der Waals surface area contributed by atoms with E-state index in [2.05, 4.69) is 10.2 Å². The minimum absolute atomic E-state index is 0.243. The second kappa shape index (κ2) is 9.09. The summed E-state index contributed by atoms with van der Waals surface area (Å²) in [5.74, 6) is 1.73. The Morgan fingerprint density at radius 1 is 1.04 bits per heavy atom. The van der Waals surface area contributed by atoms with Crippen molar-refractivity contribution in [2.75, 3.05) is 26.6 Å². The van der Waals surface area contributed by atoms with Crippen LogP contribution in [0.1, 0.15) is 10.4 Å². The molecule has 0 N–H and O–H groups in total. The molecule has 0 spiro atoms. The summed E-state index contributed by atoms with van der Waals surface area (Å²) in [6.45, 7) is 0.243. The summed E-state index contributed by atoms with van der Waals surface area (Å²) < 4.78 is 21.3. The molecule has 0 fully saturated rings. The molecule has 0 aliphatic rings. The molecule has 0 radical (unpaired) electrons. The largest absolute Gasteiger partial charge is 0.493 e. The SMILES string of the molecule is COc1ccc(-c2nnc(SCCOC(=O)c3ccccc3)o2)cc1OC. The van der Waals surface area contributed by atoms with Gasteiger partial charge in [0.1, 0.15) is 6.61 Å². The number of aromatic nitrogens is 2. The van der Waals surface area contributed by atoms with E-state index in [1.54, 1.807) is 50.6 Å². The van der Waals surface area contributed by atoms with Crippen LogP contribution in [0.25, 0.3) is 11.5 Å². The number of hydrogen-bond acceptors (Lipinski definition) is 8. The molecular formula is C19H18N2O5S. The van der Waals surface area contributed by atoms with Crippen LogP contribution in [0.15, 0.2) is 58.2 Å². The van der Waals surface area contributed by atoms with E-state index in [0.29, 0.717) is 33.9 Å². The highest BCUT2D eigenvalue weighted by molar-refractivity contribution is 7.99. The maximum absolute atomic E-state index is 11.9. The first-order valence-corrected chi connectivity index (χ1v) is 9.10. The summed E-state index contributed by atoms with van der Waals surface area (Å²) in [6.07, 6.45) is 0. The van der Waals surface area contributed by atoms with Gasteiger partial charge < -0.3 is 18.6 Å². The number of benzene rings is 2.